The van der Waals surface area contributed by atoms with E-state index in [4.69, 9.17) is 5.11 Å². The Labute approximate surface area is 101 Å². The Morgan fingerprint density at radius 3 is 2.88 bits per heavy atom. The van der Waals surface area contributed by atoms with Crippen molar-refractivity contribution in [3.8, 4) is 11.8 Å². The molecule has 2 N–H and O–H groups in total. The van der Waals surface area contributed by atoms with Crippen LogP contribution in [-0.4, -0.2) is 22.6 Å². The van der Waals surface area contributed by atoms with Crippen molar-refractivity contribution in [2.75, 3.05) is 11.9 Å². The third-order valence-electron chi connectivity index (χ3n) is 2.22. The Balaban J connectivity index is 2.78. The fourth-order valence-electron chi connectivity index (χ4n) is 1.36. The van der Waals surface area contributed by atoms with Crippen LogP contribution in [-0.2, 0) is 6.42 Å². The molecule has 0 bridgehead atoms. The number of anilines is 1. The Morgan fingerprint density at radius 2 is 2.29 bits per heavy atom. The van der Waals surface area contributed by atoms with Crippen LogP contribution < -0.4 is 5.32 Å². The Kier molecular flexibility index (Phi) is 5.02. The molecule has 4 nitrogen and oxygen atoms in total. The Hall–Kier alpha value is -2.02. The topological polar surface area (TPSA) is 62.2 Å². The first kappa shape index (κ1) is 13.0. The molecule has 0 radical (unpaired) electrons. The number of nitrogens with one attached hydrogen (secondary N) is 1. The van der Waals surface area contributed by atoms with Crippen molar-refractivity contribution in [3.05, 3.63) is 23.4 Å². The molecule has 1 aromatic rings. The number of aryl methyl sites for hydroxylation is 1. The molecule has 0 saturated heterocycles. The maximum atomic E-state index is 10.9. The first-order chi connectivity index (χ1) is 8.17. The number of carboxylic acid groups (broad SMARTS) is 1. The van der Waals surface area contributed by atoms with Crippen molar-refractivity contribution in [2.24, 2.45) is 0 Å². The number of hydrogen-bond donors (Lipinski definition) is 2. The van der Waals surface area contributed by atoms with E-state index in [0.717, 1.165) is 12.1 Å². The summed E-state index contributed by atoms with van der Waals surface area (Å²) in [6.07, 6.45) is 1.43. The first-order valence-electron chi connectivity index (χ1n) is 5.55. The highest BCUT2D eigenvalue weighted by Crippen LogP contribution is 2.11. The summed E-state index contributed by atoms with van der Waals surface area (Å²) >= 11 is 0. The number of hydrogen-bond acceptors (Lipinski definition) is 3. The van der Waals surface area contributed by atoms with Gasteiger partial charge in [0, 0.05) is 18.7 Å². The second-order valence-electron chi connectivity index (χ2n) is 3.49. The first-order valence-corrected chi connectivity index (χ1v) is 5.55. The van der Waals surface area contributed by atoms with E-state index in [-0.39, 0.29) is 5.56 Å². The van der Waals surface area contributed by atoms with Gasteiger partial charge in [-0.3, -0.25) is 0 Å². The third-order valence-corrected chi connectivity index (χ3v) is 2.22. The molecule has 90 valence electrons. The second-order valence-corrected chi connectivity index (χ2v) is 3.49. The molecule has 0 aromatic carbocycles. The molecule has 1 aromatic heterocycles. The molecule has 1 rings (SSSR count). The van der Waals surface area contributed by atoms with Gasteiger partial charge in [0.05, 0.1) is 5.56 Å². The standard InChI is InChI=1S/C13H16N2O2/c1-3-5-6-7-14-12-9-10(13(16)17)8-11(4-2)15-12/h8-9H,4,6-7H2,1-2H3,(H,14,15)(H,16,17). The van der Waals surface area contributed by atoms with E-state index in [1.165, 1.54) is 0 Å². The van der Waals surface area contributed by atoms with Crippen molar-refractivity contribution in [1.29, 1.82) is 0 Å². The molecule has 0 spiro atoms. The lowest BCUT2D eigenvalue weighted by Crippen LogP contribution is -2.07. The zero-order chi connectivity index (χ0) is 12.7. The lowest BCUT2D eigenvalue weighted by Gasteiger charge is -2.07. The Bertz CT molecular complexity index is 458. The summed E-state index contributed by atoms with van der Waals surface area (Å²) in [4.78, 5) is 15.2. The number of carbonyl (C=O) groups is 1. The second kappa shape index (κ2) is 6.54. The van der Waals surface area contributed by atoms with Gasteiger partial charge in [-0.1, -0.05) is 6.92 Å². The largest absolute Gasteiger partial charge is 0.478 e. The van der Waals surface area contributed by atoms with Gasteiger partial charge in [0.25, 0.3) is 0 Å². The van der Waals surface area contributed by atoms with Crippen LogP contribution in [0.2, 0.25) is 0 Å². The summed E-state index contributed by atoms with van der Waals surface area (Å²) in [5, 5.41) is 12.0. The van der Waals surface area contributed by atoms with E-state index in [2.05, 4.69) is 22.1 Å². The maximum Gasteiger partial charge on any atom is 0.335 e. The van der Waals surface area contributed by atoms with Gasteiger partial charge < -0.3 is 10.4 Å². The molecule has 0 aliphatic heterocycles. The lowest BCUT2D eigenvalue weighted by atomic mass is 10.2. The number of aromatic nitrogens is 1. The minimum absolute atomic E-state index is 0.265. The van der Waals surface area contributed by atoms with E-state index in [9.17, 15) is 4.79 Å². The SMILES string of the molecule is CC#CCCNc1cc(C(=O)O)cc(CC)n1. The minimum atomic E-state index is -0.932. The summed E-state index contributed by atoms with van der Waals surface area (Å²) < 4.78 is 0. The van der Waals surface area contributed by atoms with Crippen LogP contribution in [0.15, 0.2) is 12.1 Å². The zero-order valence-corrected chi connectivity index (χ0v) is 10.1. The molecular weight excluding hydrogens is 216 g/mol. The van der Waals surface area contributed by atoms with Gasteiger partial charge in [0.2, 0.25) is 0 Å². The van der Waals surface area contributed by atoms with Crippen molar-refractivity contribution in [3.63, 3.8) is 0 Å². The highest BCUT2D eigenvalue weighted by Gasteiger charge is 2.07. The van der Waals surface area contributed by atoms with Crippen LogP contribution in [0.1, 0.15) is 36.3 Å². The summed E-state index contributed by atoms with van der Waals surface area (Å²) in [5.41, 5.74) is 1.04. The molecule has 0 unspecified atom stereocenters. The van der Waals surface area contributed by atoms with E-state index >= 15 is 0 Å². The number of aromatic carboxylic acids is 1. The van der Waals surface area contributed by atoms with Crippen LogP contribution in [0.3, 0.4) is 0 Å². The molecule has 0 saturated carbocycles. The highest BCUT2D eigenvalue weighted by molar-refractivity contribution is 5.88. The maximum absolute atomic E-state index is 10.9. The van der Waals surface area contributed by atoms with Gasteiger partial charge in [-0.2, -0.15) is 0 Å². The molecule has 0 aliphatic carbocycles. The molecule has 0 aliphatic rings. The van der Waals surface area contributed by atoms with Crippen molar-refractivity contribution in [1.82, 2.24) is 4.98 Å². The molecule has 4 heteroatoms. The predicted molar refractivity (Wildman–Crippen MR) is 67.1 cm³/mol. The smallest absolute Gasteiger partial charge is 0.335 e. The van der Waals surface area contributed by atoms with Crippen molar-refractivity contribution in [2.45, 2.75) is 26.7 Å². The average molecular weight is 232 g/mol. The zero-order valence-electron chi connectivity index (χ0n) is 10.1. The quantitative estimate of drug-likeness (QED) is 0.603. The van der Waals surface area contributed by atoms with Crippen molar-refractivity contribution >= 4 is 11.8 Å². The number of nitrogens with zero attached hydrogens (tertiary/aromatic N) is 1. The van der Waals surface area contributed by atoms with Crippen LogP contribution in [0, 0.1) is 11.8 Å². The molecule has 0 atom stereocenters. The van der Waals surface area contributed by atoms with Crippen LogP contribution in [0.4, 0.5) is 5.82 Å². The van der Waals surface area contributed by atoms with Crippen LogP contribution >= 0.6 is 0 Å². The average Bonchev–Trinajstić information content (AvgIpc) is 2.34. The fourth-order valence-corrected chi connectivity index (χ4v) is 1.36. The van der Waals surface area contributed by atoms with Gasteiger partial charge in [-0.05, 0) is 25.5 Å². The van der Waals surface area contributed by atoms with Crippen LogP contribution in [0.5, 0.6) is 0 Å². The number of carboxylic acids is 1. The predicted octanol–water partition coefficient (Wildman–Crippen LogP) is 2.17. The molecule has 1 heterocycles. The van der Waals surface area contributed by atoms with E-state index in [0.29, 0.717) is 18.8 Å². The normalized spacial score (nSPS) is 9.29. The Morgan fingerprint density at radius 1 is 1.53 bits per heavy atom. The summed E-state index contributed by atoms with van der Waals surface area (Å²) in [5.74, 6) is 5.39. The van der Waals surface area contributed by atoms with Gasteiger partial charge in [0.15, 0.2) is 0 Å². The monoisotopic (exact) mass is 232 g/mol. The van der Waals surface area contributed by atoms with Crippen LogP contribution in [0.25, 0.3) is 0 Å². The summed E-state index contributed by atoms with van der Waals surface area (Å²) in [6.45, 7) is 4.40. The minimum Gasteiger partial charge on any atom is -0.478 e. The fraction of sp³-hybridized carbons (Fsp3) is 0.385. The van der Waals surface area contributed by atoms with Gasteiger partial charge in [-0.25, -0.2) is 9.78 Å². The lowest BCUT2D eigenvalue weighted by molar-refractivity contribution is 0.0696. The van der Waals surface area contributed by atoms with E-state index < -0.39 is 5.97 Å². The van der Waals surface area contributed by atoms with E-state index in [1.807, 2.05) is 6.92 Å². The van der Waals surface area contributed by atoms with E-state index in [1.54, 1.807) is 19.1 Å². The third kappa shape index (κ3) is 4.15. The van der Waals surface area contributed by atoms with Gasteiger partial charge in [0.1, 0.15) is 5.82 Å². The molecular formula is C13H16N2O2. The van der Waals surface area contributed by atoms with Gasteiger partial charge >= 0.3 is 5.97 Å². The molecule has 17 heavy (non-hydrogen) atoms. The highest BCUT2D eigenvalue weighted by atomic mass is 16.4. The number of pyridine rings is 1. The molecule has 0 fully saturated rings. The van der Waals surface area contributed by atoms with Gasteiger partial charge in [-0.15, -0.1) is 11.8 Å². The molecule has 0 amide bonds. The summed E-state index contributed by atoms with van der Waals surface area (Å²) in [7, 11) is 0. The number of rotatable bonds is 5. The van der Waals surface area contributed by atoms with Crippen molar-refractivity contribution < 1.29 is 9.90 Å². The summed E-state index contributed by atoms with van der Waals surface area (Å²) in [6, 6.07) is 3.14.